The topological polar surface area (TPSA) is 15.3 Å². The number of nitrogens with one attached hydrogen (secondary N) is 1. The average Bonchev–Trinajstić information content (AvgIpc) is 2.77. The molecule has 0 atom stereocenters. The minimum absolute atomic E-state index is 0.428. The van der Waals surface area contributed by atoms with Gasteiger partial charge in [-0.1, -0.05) is 13.8 Å². The first kappa shape index (κ1) is 13.0. The van der Waals surface area contributed by atoms with Crippen LogP contribution in [0.15, 0.2) is 36.0 Å². The maximum absolute atomic E-state index is 12.4. The van der Waals surface area contributed by atoms with Gasteiger partial charge in [-0.05, 0) is 35.8 Å². The second kappa shape index (κ2) is 4.65. The first-order valence-corrected chi connectivity index (χ1v) is 5.78. The summed E-state index contributed by atoms with van der Waals surface area (Å²) in [5.41, 5.74) is 4.43. The van der Waals surface area contributed by atoms with Gasteiger partial charge in [-0.15, -0.1) is 0 Å². The Labute approximate surface area is 104 Å². The largest absolute Gasteiger partial charge is 0.416 e. The summed E-state index contributed by atoms with van der Waals surface area (Å²) in [6.45, 7) is 4.91. The molecule has 2 rings (SSSR count). The van der Waals surface area contributed by atoms with Crippen molar-refractivity contribution in [1.82, 2.24) is 5.43 Å². The normalized spacial score (nSPS) is 16.3. The summed E-state index contributed by atoms with van der Waals surface area (Å²) in [4.78, 5) is 0. The Kier molecular flexibility index (Phi) is 3.34. The van der Waals surface area contributed by atoms with E-state index in [1.807, 2.05) is 6.20 Å². The molecule has 1 aromatic carbocycles. The SMILES string of the molecule is CC(C)C1=CN(c2ccc(C(F)(F)F)cc2)NC1. The van der Waals surface area contributed by atoms with Crippen LogP contribution >= 0.6 is 0 Å². The summed E-state index contributed by atoms with van der Waals surface area (Å²) < 4.78 is 37.3. The summed E-state index contributed by atoms with van der Waals surface area (Å²) in [6.07, 6.45) is -2.34. The van der Waals surface area contributed by atoms with Gasteiger partial charge in [0.15, 0.2) is 0 Å². The number of hydrazine groups is 1. The lowest BCUT2D eigenvalue weighted by molar-refractivity contribution is -0.137. The van der Waals surface area contributed by atoms with Crippen molar-refractivity contribution >= 4 is 5.69 Å². The lowest BCUT2D eigenvalue weighted by Crippen LogP contribution is -2.28. The van der Waals surface area contributed by atoms with Crippen molar-refractivity contribution in [3.8, 4) is 0 Å². The molecule has 1 aliphatic heterocycles. The molecule has 0 spiro atoms. The molecule has 5 heteroatoms. The lowest BCUT2D eigenvalue weighted by Gasteiger charge is -2.16. The van der Waals surface area contributed by atoms with Crippen LogP contribution in [0.2, 0.25) is 0 Å². The number of nitrogens with zero attached hydrogens (tertiary/aromatic N) is 1. The third-order valence-electron chi connectivity index (χ3n) is 2.96. The van der Waals surface area contributed by atoms with Gasteiger partial charge in [0, 0.05) is 12.7 Å². The minimum atomic E-state index is -4.28. The van der Waals surface area contributed by atoms with Crippen molar-refractivity contribution in [1.29, 1.82) is 0 Å². The molecule has 0 bridgehead atoms. The molecular weight excluding hydrogens is 241 g/mol. The van der Waals surface area contributed by atoms with Crippen LogP contribution in [-0.2, 0) is 6.18 Å². The van der Waals surface area contributed by atoms with Crippen LogP contribution in [0.25, 0.3) is 0 Å². The highest BCUT2D eigenvalue weighted by Gasteiger charge is 2.30. The Bertz CT molecular complexity index is 446. The van der Waals surface area contributed by atoms with Crippen molar-refractivity contribution in [3.05, 3.63) is 41.6 Å². The van der Waals surface area contributed by atoms with Crippen LogP contribution in [0.5, 0.6) is 0 Å². The Morgan fingerprint density at radius 3 is 2.22 bits per heavy atom. The predicted octanol–water partition coefficient (Wildman–Crippen LogP) is 3.57. The highest BCUT2D eigenvalue weighted by atomic mass is 19.4. The molecule has 0 saturated heterocycles. The molecular formula is C13H15F3N2. The van der Waals surface area contributed by atoms with Crippen LogP contribution in [0, 0.1) is 5.92 Å². The van der Waals surface area contributed by atoms with Crippen molar-refractivity contribution in [3.63, 3.8) is 0 Å². The molecule has 0 amide bonds. The summed E-state index contributed by atoms with van der Waals surface area (Å²) >= 11 is 0. The van der Waals surface area contributed by atoms with Crippen molar-refractivity contribution < 1.29 is 13.2 Å². The molecule has 1 aromatic rings. The Morgan fingerprint density at radius 1 is 1.17 bits per heavy atom. The van der Waals surface area contributed by atoms with Gasteiger partial charge in [0.05, 0.1) is 11.3 Å². The van der Waals surface area contributed by atoms with Crippen molar-refractivity contribution in [2.45, 2.75) is 20.0 Å². The molecule has 0 radical (unpaired) electrons. The van der Waals surface area contributed by atoms with E-state index in [-0.39, 0.29) is 0 Å². The molecule has 1 heterocycles. The number of hydrogen-bond acceptors (Lipinski definition) is 2. The first-order valence-electron chi connectivity index (χ1n) is 5.78. The summed E-state index contributed by atoms with van der Waals surface area (Å²) in [5.74, 6) is 0.428. The van der Waals surface area contributed by atoms with E-state index in [0.29, 0.717) is 11.6 Å². The van der Waals surface area contributed by atoms with Gasteiger partial charge in [-0.2, -0.15) is 13.2 Å². The number of anilines is 1. The average molecular weight is 256 g/mol. The quantitative estimate of drug-likeness (QED) is 0.870. The van der Waals surface area contributed by atoms with Gasteiger partial charge >= 0.3 is 6.18 Å². The molecule has 98 valence electrons. The van der Waals surface area contributed by atoms with Gasteiger partial charge < -0.3 is 0 Å². The molecule has 0 aliphatic carbocycles. The second-order valence-electron chi connectivity index (χ2n) is 4.61. The fourth-order valence-corrected chi connectivity index (χ4v) is 1.76. The van der Waals surface area contributed by atoms with Gasteiger partial charge in [-0.25, -0.2) is 5.43 Å². The van der Waals surface area contributed by atoms with E-state index < -0.39 is 11.7 Å². The molecule has 2 nitrogen and oxygen atoms in total. The number of benzene rings is 1. The molecule has 0 aromatic heterocycles. The number of halogens is 3. The fourth-order valence-electron chi connectivity index (χ4n) is 1.76. The van der Waals surface area contributed by atoms with Crippen LogP contribution in [0.3, 0.4) is 0 Å². The summed E-state index contributed by atoms with van der Waals surface area (Å²) in [6, 6.07) is 5.13. The molecule has 0 unspecified atom stereocenters. The third-order valence-corrected chi connectivity index (χ3v) is 2.96. The Balaban J connectivity index is 2.17. The molecule has 1 N–H and O–H groups in total. The van der Waals surface area contributed by atoms with Crippen LogP contribution in [0.4, 0.5) is 18.9 Å². The van der Waals surface area contributed by atoms with Gasteiger partial charge in [-0.3, -0.25) is 5.01 Å². The van der Waals surface area contributed by atoms with E-state index in [1.165, 1.54) is 17.7 Å². The van der Waals surface area contributed by atoms with E-state index in [9.17, 15) is 13.2 Å². The number of rotatable bonds is 2. The number of alkyl halides is 3. The van der Waals surface area contributed by atoms with E-state index >= 15 is 0 Å². The van der Waals surface area contributed by atoms with Crippen molar-refractivity contribution in [2.24, 2.45) is 5.92 Å². The van der Waals surface area contributed by atoms with Crippen LogP contribution in [-0.4, -0.2) is 6.54 Å². The second-order valence-corrected chi connectivity index (χ2v) is 4.61. The Hall–Kier alpha value is -1.49. The maximum atomic E-state index is 12.4. The molecule has 0 saturated carbocycles. The van der Waals surface area contributed by atoms with Gasteiger partial charge in [0.1, 0.15) is 0 Å². The summed E-state index contributed by atoms with van der Waals surface area (Å²) in [7, 11) is 0. The standard InChI is InChI=1S/C13H15F3N2/c1-9(2)10-7-17-18(8-10)12-5-3-11(4-6-12)13(14,15)16/h3-6,8-9,17H,7H2,1-2H3. The summed E-state index contributed by atoms with van der Waals surface area (Å²) in [5, 5.41) is 1.76. The highest BCUT2D eigenvalue weighted by Crippen LogP contribution is 2.31. The fraction of sp³-hybridized carbons (Fsp3) is 0.385. The smallest absolute Gasteiger partial charge is 0.284 e. The molecule has 0 fully saturated rings. The molecule has 18 heavy (non-hydrogen) atoms. The van der Waals surface area contributed by atoms with Crippen LogP contribution < -0.4 is 10.4 Å². The van der Waals surface area contributed by atoms with E-state index in [4.69, 9.17) is 0 Å². The number of hydrogen-bond donors (Lipinski definition) is 1. The van der Waals surface area contributed by atoms with Gasteiger partial charge in [0.2, 0.25) is 0 Å². The van der Waals surface area contributed by atoms with Gasteiger partial charge in [0.25, 0.3) is 0 Å². The zero-order valence-corrected chi connectivity index (χ0v) is 10.3. The predicted molar refractivity (Wildman–Crippen MR) is 64.8 cm³/mol. The monoisotopic (exact) mass is 256 g/mol. The zero-order chi connectivity index (χ0) is 13.3. The maximum Gasteiger partial charge on any atom is 0.416 e. The van der Waals surface area contributed by atoms with E-state index in [2.05, 4.69) is 19.3 Å². The van der Waals surface area contributed by atoms with Crippen LogP contribution in [0.1, 0.15) is 19.4 Å². The molecule has 1 aliphatic rings. The zero-order valence-electron chi connectivity index (χ0n) is 10.3. The third kappa shape index (κ3) is 2.67. The lowest BCUT2D eigenvalue weighted by atomic mass is 10.1. The van der Waals surface area contributed by atoms with Crippen molar-refractivity contribution in [2.75, 3.05) is 11.6 Å². The minimum Gasteiger partial charge on any atom is -0.284 e. The Morgan fingerprint density at radius 2 is 1.78 bits per heavy atom. The van der Waals surface area contributed by atoms with E-state index in [0.717, 1.165) is 18.7 Å². The first-order chi connectivity index (χ1) is 8.38. The van der Waals surface area contributed by atoms with E-state index in [1.54, 1.807) is 5.01 Å². The highest BCUT2D eigenvalue weighted by molar-refractivity contribution is 5.51.